The molecule has 0 bridgehead atoms. The quantitative estimate of drug-likeness (QED) is 0.318. The summed E-state index contributed by atoms with van der Waals surface area (Å²) in [5, 5.41) is 0. The molecule has 0 aliphatic rings. The Morgan fingerprint density at radius 1 is 1.11 bits per heavy atom. The van der Waals surface area contributed by atoms with Gasteiger partial charge in [-0.1, -0.05) is 0 Å². The van der Waals surface area contributed by atoms with E-state index in [0.717, 1.165) is 6.29 Å². The Hall–Kier alpha value is 3.35. The first kappa shape index (κ1) is 12.3. The Morgan fingerprint density at radius 3 is 1.44 bits per heavy atom. The van der Waals surface area contributed by atoms with Gasteiger partial charge in [0.05, 0.1) is 0 Å². The second kappa shape index (κ2) is 6.82. The Kier molecular flexibility index (Phi) is 9.35. The average molecular weight is 749 g/mol. The van der Waals surface area contributed by atoms with Crippen LogP contribution in [0.4, 0.5) is 0 Å². The van der Waals surface area contributed by atoms with E-state index in [9.17, 15) is 4.79 Å². The van der Waals surface area contributed by atoms with E-state index in [2.05, 4.69) is 0 Å². The Morgan fingerprint density at radius 2 is 1.44 bits per heavy atom. The molecule has 0 aromatic carbocycles. The van der Waals surface area contributed by atoms with Crippen molar-refractivity contribution in [1.82, 2.24) is 0 Å². The van der Waals surface area contributed by atoms with Gasteiger partial charge in [0.1, 0.15) is 0 Å². The van der Waals surface area contributed by atoms with Crippen molar-refractivity contribution in [3.8, 4) is 0 Å². The van der Waals surface area contributed by atoms with Crippen molar-refractivity contribution in [2.75, 3.05) is 0 Å². The summed E-state index contributed by atoms with van der Waals surface area (Å²) in [5.74, 6) is 0. The number of carbonyl (C=O) groups is 1. The maximum absolute atomic E-state index is 10.4. The molecule has 42 valence electrons. The van der Waals surface area contributed by atoms with Crippen LogP contribution in [-0.4, -0.2) is 6.29 Å². The summed E-state index contributed by atoms with van der Waals surface area (Å²) in [7, 11) is 17.3. The summed E-state index contributed by atoms with van der Waals surface area (Å²) < 4.78 is -0.0509. The zero-order valence-corrected chi connectivity index (χ0v) is 23.5. The van der Waals surface area contributed by atoms with Gasteiger partial charge in [-0.2, -0.15) is 0 Å². The minimum atomic E-state index is -1.41. The van der Waals surface area contributed by atoms with Gasteiger partial charge in [-0.3, -0.25) is 0 Å². The van der Waals surface area contributed by atoms with Gasteiger partial charge in [0.25, 0.3) is 0 Å². The molecule has 0 fully saturated rings. The first-order chi connectivity index (χ1) is 4.24. The van der Waals surface area contributed by atoms with E-state index in [4.69, 9.17) is 24.7 Å². The first-order valence-electron chi connectivity index (χ1n) is 2.39. The summed E-state index contributed by atoms with van der Waals surface area (Å²) >= 11 is -4.24. The van der Waals surface area contributed by atoms with E-state index in [-0.39, 0.29) is -2.06 Å². The molecule has 0 rings (SSSR count). The second-order valence-corrected chi connectivity index (χ2v) is 73.8. The number of rotatable bonds is 4. The van der Waals surface area contributed by atoms with Crippen molar-refractivity contribution in [3.63, 3.8) is 0 Å². The molecule has 0 aromatic rings. The standard InChI is InChI=1S/C2HO.3ClH.3Hg/c1-2-3;;;;;;/h2H;3*1H;;;/q;;;;3*+1/p-3. The molecule has 0 heterocycles. The SMILES string of the molecule is O=C[C]([Hg][Cl])([Hg][Cl])[Hg][Cl]. The van der Waals surface area contributed by atoms with E-state index in [1.165, 1.54) is 0 Å². The summed E-state index contributed by atoms with van der Waals surface area (Å²) in [6, 6.07) is 0. The van der Waals surface area contributed by atoms with Crippen molar-refractivity contribution in [2.24, 2.45) is 0 Å². The third-order valence-electron chi connectivity index (χ3n) is 1.05. The van der Waals surface area contributed by atoms with E-state index < -0.39 is 70.0 Å². The molecule has 0 N–H and O–H groups in total. The minimum absolute atomic E-state index is 0.0509. The number of aldehydes is 1. The van der Waals surface area contributed by atoms with Crippen LogP contribution in [0.3, 0.4) is 0 Å². The van der Waals surface area contributed by atoms with Crippen LogP contribution in [0, 0.1) is 0 Å². The van der Waals surface area contributed by atoms with Crippen LogP contribution in [0.1, 0.15) is 0 Å². The van der Waals surface area contributed by atoms with Gasteiger partial charge in [-0.15, -0.1) is 0 Å². The summed E-state index contributed by atoms with van der Waals surface area (Å²) in [6.45, 7) is 0. The number of halogens is 3. The van der Waals surface area contributed by atoms with Gasteiger partial charge in [-0.25, -0.2) is 0 Å². The molecule has 9 heavy (non-hydrogen) atoms. The van der Waals surface area contributed by atoms with Crippen molar-refractivity contribution < 1.29 is 74.8 Å². The molecule has 0 aliphatic carbocycles. The zero-order valence-electron chi connectivity index (χ0n) is 4.74. The fourth-order valence-corrected chi connectivity index (χ4v) is 76.7. The average Bonchev–Trinajstić information content (AvgIpc) is 1.95. The molecular weight excluding hydrogens is 748 g/mol. The van der Waals surface area contributed by atoms with Gasteiger partial charge >= 0.3 is 104 Å². The fraction of sp³-hybridized carbons (Fsp3) is 0.500. The molecule has 1 nitrogen and oxygen atoms in total. The normalized spacial score (nSPS) is 8.78. The summed E-state index contributed by atoms with van der Waals surface area (Å²) in [5.41, 5.74) is 0. The monoisotopic (exact) mass is 752 g/mol. The number of hydrogen-bond acceptors (Lipinski definition) is 1. The van der Waals surface area contributed by atoms with Gasteiger partial charge in [-0.05, 0) is 0 Å². The molecule has 0 saturated heterocycles. The second-order valence-electron chi connectivity index (χ2n) is 1.88. The predicted molar refractivity (Wildman–Crippen MR) is 26.3 cm³/mol. The topological polar surface area (TPSA) is 17.1 Å². The Bertz CT molecular complexity index is 86.8. The number of hydrogen-bond donors (Lipinski definition) is 0. The van der Waals surface area contributed by atoms with Crippen LogP contribution in [-0.2, 0) is 74.8 Å². The van der Waals surface area contributed by atoms with Crippen LogP contribution in [0.25, 0.3) is 0 Å². The van der Waals surface area contributed by atoms with Crippen LogP contribution >= 0.6 is 24.7 Å². The van der Waals surface area contributed by atoms with E-state index >= 15 is 0 Å². The molecule has 0 atom stereocenters. The molecule has 0 aliphatic heterocycles. The summed E-state index contributed by atoms with van der Waals surface area (Å²) in [4.78, 5) is 10.4. The molecule has 7 heteroatoms. The van der Waals surface area contributed by atoms with Gasteiger partial charge in [0.2, 0.25) is 0 Å². The molecule has 0 radical (unpaired) electrons. The number of carbonyl (C=O) groups excluding carboxylic acids is 1. The van der Waals surface area contributed by atoms with Crippen LogP contribution in [0.2, 0.25) is -2.06 Å². The molecule has 0 amide bonds. The predicted octanol–water partition coefficient (Wildman–Crippen LogP) is 1.97. The molecule has 0 saturated carbocycles. The van der Waals surface area contributed by atoms with Crippen molar-refractivity contribution >= 4 is 31.0 Å². The van der Waals surface area contributed by atoms with E-state index in [0.29, 0.717) is 0 Å². The van der Waals surface area contributed by atoms with Gasteiger partial charge in [0, 0.05) is 0 Å². The molecule has 0 unspecified atom stereocenters. The Labute approximate surface area is 101 Å². The van der Waals surface area contributed by atoms with Crippen molar-refractivity contribution in [2.45, 2.75) is -2.06 Å². The maximum atomic E-state index is 10.4. The zero-order chi connectivity index (χ0) is 7.33. The summed E-state index contributed by atoms with van der Waals surface area (Å²) in [6.07, 6.45) is 1.00. The fourth-order valence-electron chi connectivity index (χ4n) is 0.202. The van der Waals surface area contributed by atoms with Crippen LogP contribution in [0.15, 0.2) is 0 Å². The third kappa shape index (κ3) is 4.21. The third-order valence-corrected chi connectivity index (χ3v) is 139. The van der Waals surface area contributed by atoms with E-state index in [1.54, 1.807) is 0 Å². The van der Waals surface area contributed by atoms with Gasteiger partial charge in [0.15, 0.2) is 0 Å². The van der Waals surface area contributed by atoms with Crippen molar-refractivity contribution in [1.29, 1.82) is 0 Å². The first-order valence-corrected chi connectivity index (χ1v) is 30.9. The van der Waals surface area contributed by atoms with Crippen LogP contribution in [0.5, 0.6) is 0 Å². The Balaban J connectivity index is 3.98. The van der Waals surface area contributed by atoms with Gasteiger partial charge < -0.3 is 0 Å². The molecule has 0 aromatic heterocycles. The van der Waals surface area contributed by atoms with Crippen molar-refractivity contribution in [3.05, 3.63) is 0 Å². The van der Waals surface area contributed by atoms with E-state index in [1.807, 2.05) is 0 Å². The van der Waals surface area contributed by atoms with Crippen LogP contribution < -0.4 is 0 Å². The molecule has 0 spiro atoms. The molecular formula is C2HCl3Hg3O.